The molecule has 0 saturated carbocycles. The lowest BCUT2D eigenvalue weighted by molar-refractivity contribution is -0.387. The second-order valence-electron chi connectivity index (χ2n) is 3.67. The van der Waals surface area contributed by atoms with Crippen LogP contribution in [0.15, 0.2) is 35.4 Å². The topological polar surface area (TPSA) is 127 Å². The van der Waals surface area contributed by atoms with Gasteiger partial charge in [-0.15, -0.1) is 0 Å². The van der Waals surface area contributed by atoms with Crippen LogP contribution in [0.5, 0.6) is 5.75 Å². The average Bonchev–Trinajstić information content (AvgIpc) is 2.90. The molecular weight excluding hydrogens is 288 g/mol. The third-order valence-electron chi connectivity index (χ3n) is 2.40. The quantitative estimate of drug-likeness (QED) is 0.629. The van der Waals surface area contributed by atoms with Crippen LogP contribution in [-0.2, 0) is 10.0 Å². The van der Waals surface area contributed by atoms with Crippen LogP contribution in [0, 0.1) is 10.1 Å². The Hall–Kier alpha value is -2.62. The van der Waals surface area contributed by atoms with Crippen LogP contribution < -0.4 is 9.46 Å². The fourth-order valence-electron chi connectivity index (χ4n) is 1.51. The minimum atomic E-state index is -4.10. The molecule has 0 spiro atoms. The molecular formula is C10H10N4O5S. The van der Waals surface area contributed by atoms with E-state index in [2.05, 4.69) is 14.9 Å². The predicted octanol–water partition coefficient (Wildman–Crippen LogP) is 1.13. The molecule has 0 aliphatic heterocycles. The third kappa shape index (κ3) is 2.69. The highest BCUT2D eigenvalue weighted by Gasteiger charge is 2.26. The monoisotopic (exact) mass is 298 g/mol. The molecule has 0 radical (unpaired) electrons. The van der Waals surface area contributed by atoms with Gasteiger partial charge in [-0.25, -0.2) is 8.42 Å². The van der Waals surface area contributed by atoms with Crippen molar-refractivity contribution >= 4 is 21.5 Å². The number of anilines is 1. The lowest BCUT2D eigenvalue weighted by Crippen LogP contribution is -2.15. The van der Waals surface area contributed by atoms with Gasteiger partial charge in [0.05, 0.1) is 24.3 Å². The Labute approximate surface area is 113 Å². The van der Waals surface area contributed by atoms with Crippen molar-refractivity contribution in [2.75, 3.05) is 11.8 Å². The van der Waals surface area contributed by atoms with E-state index in [9.17, 15) is 18.5 Å². The molecule has 2 N–H and O–H groups in total. The maximum atomic E-state index is 12.1. The van der Waals surface area contributed by atoms with Crippen LogP contribution in [0.4, 0.5) is 11.5 Å². The van der Waals surface area contributed by atoms with Crippen molar-refractivity contribution < 1.29 is 18.1 Å². The van der Waals surface area contributed by atoms with E-state index in [1.807, 2.05) is 0 Å². The van der Waals surface area contributed by atoms with Crippen LogP contribution in [0.3, 0.4) is 0 Å². The number of hydrogen-bond donors (Lipinski definition) is 2. The minimum Gasteiger partial charge on any atom is -0.497 e. The highest BCUT2D eigenvalue weighted by molar-refractivity contribution is 7.92. The van der Waals surface area contributed by atoms with E-state index < -0.39 is 25.5 Å². The maximum Gasteiger partial charge on any atom is 0.293 e. The number of ether oxygens (including phenoxy) is 1. The van der Waals surface area contributed by atoms with E-state index in [1.165, 1.54) is 25.4 Å². The molecule has 0 bridgehead atoms. The summed E-state index contributed by atoms with van der Waals surface area (Å²) in [5, 5.41) is 17.0. The van der Waals surface area contributed by atoms with Crippen LogP contribution in [0.1, 0.15) is 0 Å². The third-order valence-corrected chi connectivity index (χ3v) is 3.81. The van der Waals surface area contributed by atoms with Gasteiger partial charge in [0.15, 0.2) is 4.90 Å². The van der Waals surface area contributed by atoms with Crippen molar-refractivity contribution in [2.24, 2.45) is 0 Å². The van der Waals surface area contributed by atoms with Gasteiger partial charge in [0.1, 0.15) is 11.6 Å². The van der Waals surface area contributed by atoms with E-state index in [1.54, 1.807) is 0 Å². The smallest absolute Gasteiger partial charge is 0.293 e. The summed E-state index contributed by atoms with van der Waals surface area (Å²) in [6.07, 6.45) is 1.35. The molecule has 0 fully saturated rings. The summed E-state index contributed by atoms with van der Waals surface area (Å²) in [4.78, 5) is 9.73. The summed E-state index contributed by atoms with van der Waals surface area (Å²) in [6.45, 7) is 0. The summed E-state index contributed by atoms with van der Waals surface area (Å²) >= 11 is 0. The normalized spacial score (nSPS) is 11.1. The van der Waals surface area contributed by atoms with Gasteiger partial charge < -0.3 is 4.74 Å². The zero-order chi connectivity index (χ0) is 14.8. The molecule has 9 nitrogen and oxygen atoms in total. The first-order valence-corrected chi connectivity index (χ1v) is 6.77. The zero-order valence-corrected chi connectivity index (χ0v) is 11.0. The fourth-order valence-corrected chi connectivity index (χ4v) is 2.68. The summed E-state index contributed by atoms with van der Waals surface area (Å²) in [5.74, 6) is 0.298. The lowest BCUT2D eigenvalue weighted by Gasteiger charge is -2.07. The maximum absolute atomic E-state index is 12.1. The number of nitrogens with one attached hydrogen (secondary N) is 2. The first kappa shape index (κ1) is 13.8. The van der Waals surface area contributed by atoms with Crippen LogP contribution in [0.25, 0.3) is 0 Å². The average molecular weight is 298 g/mol. The molecule has 1 aromatic carbocycles. The molecule has 0 unspecified atom stereocenters. The van der Waals surface area contributed by atoms with Gasteiger partial charge in [0.2, 0.25) is 0 Å². The molecule has 1 heterocycles. The Morgan fingerprint density at radius 2 is 2.15 bits per heavy atom. The number of nitrogens with zero attached hydrogens (tertiary/aromatic N) is 2. The van der Waals surface area contributed by atoms with Crippen LogP contribution >= 0.6 is 0 Å². The number of aromatic nitrogens is 2. The number of nitro groups is 1. The van der Waals surface area contributed by atoms with Crippen LogP contribution in [-0.4, -0.2) is 30.6 Å². The van der Waals surface area contributed by atoms with E-state index >= 15 is 0 Å². The van der Waals surface area contributed by atoms with Crippen molar-refractivity contribution in [1.29, 1.82) is 0 Å². The van der Waals surface area contributed by atoms with E-state index in [0.29, 0.717) is 0 Å². The number of sulfonamides is 1. The van der Waals surface area contributed by atoms with Gasteiger partial charge in [-0.2, -0.15) is 5.10 Å². The van der Waals surface area contributed by atoms with Gasteiger partial charge >= 0.3 is 0 Å². The van der Waals surface area contributed by atoms with E-state index in [-0.39, 0.29) is 11.6 Å². The number of H-pyrrole nitrogens is 1. The zero-order valence-electron chi connectivity index (χ0n) is 10.2. The molecule has 0 amide bonds. The first-order chi connectivity index (χ1) is 9.44. The Morgan fingerprint density at radius 1 is 1.40 bits per heavy atom. The number of benzene rings is 1. The summed E-state index contributed by atoms with van der Waals surface area (Å²) in [5.41, 5.74) is -0.573. The highest BCUT2D eigenvalue weighted by atomic mass is 32.2. The van der Waals surface area contributed by atoms with Crippen LogP contribution in [0.2, 0.25) is 0 Å². The Morgan fingerprint density at radius 3 is 2.70 bits per heavy atom. The van der Waals surface area contributed by atoms with Gasteiger partial charge in [-0.3, -0.25) is 19.9 Å². The van der Waals surface area contributed by atoms with Crippen molar-refractivity contribution in [3.63, 3.8) is 0 Å². The molecule has 2 rings (SSSR count). The SMILES string of the molecule is COc1ccc(S(=O)(=O)Nc2ccn[nH]2)c([N+](=O)[O-])c1. The first-order valence-electron chi connectivity index (χ1n) is 5.28. The Kier molecular flexibility index (Phi) is 3.57. The van der Waals surface area contributed by atoms with E-state index in [0.717, 1.165) is 12.1 Å². The summed E-state index contributed by atoms with van der Waals surface area (Å²) in [7, 11) is -2.77. The minimum absolute atomic E-state index is 0.107. The van der Waals surface area contributed by atoms with Crippen molar-refractivity contribution in [3.8, 4) is 5.75 Å². The molecule has 0 aliphatic carbocycles. The Balaban J connectivity index is 2.48. The molecule has 0 atom stereocenters. The lowest BCUT2D eigenvalue weighted by atomic mass is 10.3. The standard InChI is InChI=1S/C10H10N4O5S/c1-19-7-2-3-9(8(6-7)14(15)16)20(17,18)13-10-4-5-11-12-10/h2-6H,1H3,(H2,11,12,13). The molecule has 106 valence electrons. The predicted molar refractivity (Wildman–Crippen MR) is 69.0 cm³/mol. The van der Waals surface area contributed by atoms with Gasteiger partial charge in [-0.1, -0.05) is 0 Å². The number of methoxy groups -OCH3 is 1. The molecule has 1 aromatic heterocycles. The van der Waals surface area contributed by atoms with Gasteiger partial charge in [-0.05, 0) is 12.1 Å². The van der Waals surface area contributed by atoms with E-state index in [4.69, 9.17) is 4.74 Å². The molecule has 10 heteroatoms. The van der Waals surface area contributed by atoms with Crippen molar-refractivity contribution in [2.45, 2.75) is 4.90 Å². The molecule has 2 aromatic rings. The number of hydrogen-bond acceptors (Lipinski definition) is 6. The van der Waals surface area contributed by atoms with Gasteiger partial charge in [0, 0.05) is 6.07 Å². The molecule has 20 heavy (non-hydrogen) atoms. The number of nitro benzene ring substituents is 1. The second kappa shape index (κ2) is 5.17. The number of rotatable bonds is 5. The summed E-state index contributed by atoms with van der Waals surface area (Å²) < 4.78 is 31.2. The Bertz CT molecular complexity index is 726. The van der Waals surface area contributed by atoms with Gasteiger partial charge in [0.25, 0.3) is 15.7 Å². The summed E-state index contributed by atoms with van der Waals surface area (Å²) in [6, 6.07) is 4.86. The largest absolute Gasteiger partial charge is 0.497 e. The highest BCUT2D eigenvalue weighted by Crippen LogP contribution is 2.29. The van der Waals surface area contributed by atoms with Crippen molar-refractivity contribution in [1.82, 2.24) is 10.2 Å². The van der Waals surface area contributed by atoms with Crippen molar-refractivity contribution in [3.05, 3.63) is 40.6 Å². The molecule has 0 aliphatic rings. The second-order valence-corrected chi connectivity index (χ2v) is 5.32. The number of aromatic amines is 1. The fraction of sp³-hybridized carbons (Fsp3) is 0.100. The molecule has 0 saturated heterocycles.